The van der Waals surface area contributed by atoms with Gasteiger partial charge in [-0.2, -0.15) is 26.3 Å². The minimum atomic E-state index is -4.52. The van der Waals surface area contributed by atoms with Crippen LogP contribution in [0.25, 0.3) is 0 Å². The smallest absolute Gasteiger partial charge is 0.405 e. The molecular weight excluding hydrogens is 520 g/mol. The summed E-state index contributed by atoms with van der Waals surface area (Å²) in [5.74, 6) is 0.421. The zero-order valence-electron chi connectivity index (χ0n) is 21.8. The number of allylic oxidation sites excluding steroid dienone is 3. The van der Waals surface area contributed by atoms with E-state index in [9.17, 15) is 26.3 Å². The lowest BCUT2D eigenvalue weighted by Gasteiger charge is -2.30. The van der Waals surface area contributed by atoms with E-state index in [-0.39, 0.29) is 6.42 Å². The molecule has 5 nitrogen and oxygen atoms in total. The maximum absolute atomic E-state index is 13.6. The molecule has 1 aliphatic rings. The van der Waals surface area contributed by atoms with Crippen LogP contribution in [0.5, 0.6) is 0 Å². The summed E-state index contributed by atoms with van der Waals surface area (Å²) >= 11 is 0. The van der Waals surface area contributed by atoms with Gasteiger partial charge in [-0.3, -0.25) is 4.90 Å². The molecule has 0 saturated heterocycles. The standard InChI is InChI=1S/C28H33F6N5/c1-3-5-15-39(4-2)18-25-37-24-17-19(16-21(7-6-14-35)28(32,33)34)8-13-23(24)26(38-25)36-22-11-9-20(10-12-22)27(29,30)31/h6-14,17,25,37H,3-5,15-16,18,35H2,1-2H3,(H,36,38)/b14-6-,21-7+. The first-order valence-corrected chi connectivity index (χ1v) is 12.7. The third-order valence-corrected chi connectivity index (χ3v) is 6.29. The van der Waals surface area contributed by atoms with Crippen LogP contribution in [0.3, 0.4) is 0 Å². The molecule has 0 radical (unpaired) electrons. The van der Waals surface area contributed by atoms with Crippen LogP contribution >= 0.6 is 0 Å². The number of fused-ring (bicyclic) bond motifs is 1. The fraction of sp³-hybridized carbons (Fsp3) is 0.393. The van der Waals surface area contributed by atoms with Crippen molar-refractivity contribution in [2.45, 2.75) is 51.6 Å². The van der Waals surface area contributed by atoms with Gasteiger partial charge in [-0.05, 0) is 73.7 Å². The summed E-state index contributed by atoms with van der Waals surface area (Å²) in [6, 6.07) is 9.50. The summed E-state index contributed by atoms with van der Waals surface area (Å²) in [5, 5.41) is 6.43. The number of unbranched alkanes of at least 4 members (excludes halogenated alkanes) is 1. The van der Waals surface area contributed by atoms with E-state index >= 15 is 0 Å². The van der Waals surface area contributed by atoms with Crippen LogP contribution < -0.4 is 16.4 Å². The second kappa shape index (κ2) is 13.1. The summed E-state index contributed by atoms with van der Waals surface area (Å²) in [7, 11) is 0. The summed E-state index contributed by atoms with van der Waals surface area (Å²) < 4.78 is 79.7. The molecule has 4 N–H and O–H groups in total. The molecule has 0 spiro atoms. The molecule has 2 aromatic rings. The molecule has 39 heavy (non-hydrogen) atoms. The third-order valence-electron chi connectivity index (χ3n) is 6.29. The third kappa shape index (κ3) is 8.51. The highest BCUT2D eigenvalue weighted by atomic mass is 19.4. The molecule has 0 bridgehead atoms. The number of benzene rings is 2. The Morgan fingerprint density at radius 1 is 1.08 bits per heavy atom. The Morgan fingerprint density at radius 2 is 1.79 bits per heavy atom. The molecule has 1 unspecified atom stereocenters. The molecule has 1 aliphatic heterocycles. The van der Waals surface area contributed by atoms with E-state index in [1.54, 1.807) is 18.2 Å². The van der Waals surface area contributed by atoms with Crippen LogP contribution in [0.15, 0.2) is 71.4 Å². The van der Waals surface area contributed by atoms with Gasteiger partial charge in [0.25, 0.3) is 0 Å². The lowest BCUT2D eigenvalue weighted by Crippen LogP contribution is -2.40. The lowest BCUT2D eigenvalue weighted by molar-refractivity contribution is -0.137. The zero-order chi connectivity index (χ0) is 28.6. The van der Waals surface area contributed by atoms with E-state index in [2.05, 4.69) is 22.5 Å². The molecule has 0 amide bonds. The van der Waals surface area contributed by atoms with Gasteiger partial charge >= 0.3 is 12.4 Å². The van der Waals surface area contributed by atoms with Crippen LogP contribution in [0.2, 0.25) is 0 Å². The molecular formula is C28H33F6N5. The number of nitrogens with two attached hydrogens (primary N) is 1. The topological polar surface area (TPSA) is 65.7 Å². The Hall–Kier alpha value is -3.47. The van der Waals surface area contributed by atoms with Crippen molar-refractivity contribution in [1.29, 1.82) is 0 Å². The molecule has 3 rings (SSSR count). The average molecular weight is 554 g/mol. The Balaban J connectivity index is 1.94. The number of amidine groups is 1. The minimum Gasteiger partial charge on any atom is -0.405 e. The van der Waals surface area contributed by atoms with Gasteiger partial charge in [0.2, 0.25) is 0 Å². The maximum Gasteiger partial charge on any atom is 0.416 e. The number of likely N-dealkylation sites (N-methyl/N-ethyl adjacent to an activating group) is 1. The first kappa shape index (κ1) is 30.1. The van der Waals surface area contributed by atoms with Gasteiger partial charge in [-0.1, -0.05) is 32.4 Å². The van der Waals surface area contributed by atoms with Gasteiger partial charge in [0.1, 0.15) is 12.0 Å². The molecule has 0 aliphatic carbocycles. The number of anilines is 2. The molecule has 0 aromatic heterocycles. The van der Waals surface area contributed by atoms with Crippen LogP contribution in [0.1, 0.15) is 43.4 Å². The molecule has 1 heterocycles. The highest BCUT2D eigenvalue weighted by Crippen LogP contribution is 2.33. The van der Waals surface area contributed by atoms with Crippen LogP contribution in [0.4, 0.5) is 37.7 Å². The SMILES string of the molecule is CCCCN(CC)CC1N=C(Nc2ccc(C(F)(F)F)cc2)c2ccc(C/C(=C\C=C/N)C(F)(F)F)cc2N1. The number of alkyl halides is 6. The van der Waals surface area contributed by atoms with Crippen molar-refractivity contribution in [1.82, 2.24) is 4.90 Å². The minimum absolute atomic E-state index is 0.357. The molecule has 212 valence electrons. The Kier molecular flexibility index (Phi) is 10.1. The van der Waals surface area contributed by atoms with Crippen molar-refractivity contribution >= 4 is 17.2 Å². The van der Waals surface area contributed by atoms with Crippen molar-refractivity contribution in [2.75, 3.05) is 30.3 Å². The number of nitrogens with zero attached hydrogens (tertiary/aromatic N) is 2. The maximum atomic E-state index is 13.6. The average Bonchev–Trinajstić information content (AvgIpc) is 2.88. The fourth-order valence-corrected chi connectivity index (χ4v) is 4.18. The second-order valence-corrected chi connectivity index (χ2v) is 9.22. The van der Waals surface area contributed by atoms with Crippen molar-refractivity contribution < 1.29 is 26.3 Å². The van der Waals surface area contributed by atoms with Gasteiger partial charge in [0, 0.05) is 35.5 Å². The predicted octanol–water partition coefficient (Wildman–Crippen LogP) is 6.94. The number of rotatable bonds is 10. The zero-order valence-corrected chi connectivity index (χ0v) is 21.8. The van der Waals surface area contributed by atoms with E-state index in [0.717, 1.165) is 56.4 Å². The highest BCUT2D eigenvalue weighted by molar-refractivity contribution is 6.12. The molecule has 0 fully saturated rings. The number of hydrogen-bond donors (Lipinski definition) is 3. The van der Waals surface area contributed by atoms with Gasteiger partial charge < -0.3 is 16.4 Å². The Morgan fingerprint density at radius 3 is 2.38 bits per heavy atom. The highest BCUT2D eigenvalue weighted by Gasteiger charge is 2.33. The van der Waals surface area contributed by atoms with Crippen molar-refractivity contribution in [3.63, 3.8) is 0 Å². The number of nitrogens with one attached hydrogen (secondary N) is 2. The monoisotopic (exact) mass is 553 g/mol. The number of hydrogen-bond acceptors (Lipinski definition) is 5. The summed E-state index contributed by atoms with van der Waals surface area (Å²) in [6.45, 7) is 6.34. The second-order valence-electron chi connectivity index (χ2n) is 9.22. The van der Waals surface area contributed by atoms with Gasteiger partial charge in [-0.15, -0.1) is 0 Å². The van der Waals surface area contributed by atoms with Crippen LogP contribution in [-0.4, -0.2) is 42.7 Å². The van der Waals surface area contributed by atoms with E-state index in [0.29, 0.717) is 34.9 Å². The normalized spacial score (nSPS) is 16.3. The molecule has 11 heteroatoms. The number of aliphatic imine (C=N–C) groups is 1. The summed E-state index contributed by atoms with van der Waals surface area (Å²) in [4.78, 5) is 6.99. The van der Waals surface area contributed by atoms with Gasteiger partial charge in [0.15, 0.2) is 0 Å². The van der Waals surface area contributed by atoms with Crippen molar-refractivity contribution in [2.24, 2.45) is 10.7 Å². The van der Waals surface area contributed by atoms with Crippen molar-refractivity contribution in [3.05, 3.63) is 83.1 Å². The first-order chi connectivity index (χ1) is 18.4. The summed E-state index contributed by atoms with van der Waals surface area (Å²) in [6.07, 6.45) is -4.59. The summed E-state index contributed by atoms with van der Waals surface area (Å²) in [5.41, 5.74) is 5.75. The van der Waals surface area contributed by atoms with E-state index < -0.39 is 29.7 Å². The predicted molar refractivity (Wildman–Crippen MR) is 144 cm³/mol. The van der Waals surface area contributed by atoms with E-state index in [1.165, 1.54) is 12.1 Å². The van der Waals surface area contributed by atoms with Gasteiger partial charge in [-0.25, -0.2) is 4.99 Å². The van der Waals surface area contributed by atoms with Crippen LogP contribution in [-0.2, 0) is 12.6 Å². The van der Waals surface area contributed by atoms with E-state index in [1.807, 2.05) is 6.92 Å². The lowest BCUT2D eigenvalue weighted by atomic mass is 9.99. The first-order valence-electron chi connectivity index (χ1n) is 12.7. The molecule has 2 aromatic carbocycles. The fourth-order valence-electron chi connectivity index (χ4n) is 4.18. The van der Waals surface area contributed by atoms with E-state index in [4.69, 9.17) is 10.7 Å². The number of halogens is 6. The Bertz CT molecular complexity index is 1180. The molecule has 0 saturated carbocycles. The largest absolute Gasteiger partial charge is 0.416 e. The van der Waals surface area contributed by atoms with Crippen molar-refractivity contribution in [3.8, 4) is 0 Å². The van der Waals surface area contributed by atoms with Crippen LogP contribution in [0, 0.1) is 0 Å². The quantitative estimate of drug-likeness (QED) is 0.220. The Labute approximate surface area is 224 Å². The van der Waals surface area contributed by atoms with Gasteiger partial charge in [0.05, 0.1) is 5.56 Å². The molecule has 1 atom stereocenters.